The highest BCUT2D eigenvalue weighted by molar-refractivity contribution is 5.82. The van der Waals surface area contributed by atoms with Crippen molar-refractivity contribution in [2.45, 2.75) is 63.2 Å². The Labute approximate surface area is 304 Å². The van der Waals surface area contributed by atoms with Crippen molar-refractivity contribution in [3.63, 3.8) is 0 Å². The van der Waals surface area contributed by atoms with Crippen LogP contribution in [0.5, 0.6) is 11.5 Å². The van der Waals surface area contributed by atoms with Gasteiger partial charge in [0.1, 0.15) is 35.8 Å². The molecular formula is C42H45N5O5. The Bertz CT molecular complexity index is 2030. The van der Waals surface area contributed by atoms with Crippen molar-refractivity contribution in [3.05, 3.63) is 144 Å². The summed E-state index contributed by atoms with van der Waals surface area (Å²) >= 11 is 0. The number of fused-ring (bicyclic) bond motifs is 1. The average Bonchev–Trinajstić information content (AvgIpc) is 3.78. The van der Waals surface area contributed by atoms with Gasteiger partial charge in [-0.05, 0) is 57.5 Å². The predicted octanol–water partition coefficient (Wildman–Crippen LogP) is 7.41. The van der Waals surface area contributed by atoms with Gasteiger partial charge in [-0.3, -0.25) is 4.57 Å². The Morgan fingerprint density at radius 1 is 0.769 bits per heavy atom. The SMILES string of the molecule is COc1ccc(C(OC[C@H]2O[C@@H](n3cnc4c(NCc5ccc(C(C)(C)C)cc5)ncnc43)C[C@@H]2O)(c2ccccc2)c2ccc(OC)cc2)cc1. The molecule has 52 heavy (non-hydrogen) atoms. The van der Waals surface area contributed by atoms with E-state index in [1.54, 1.807) is 20.5 Å². The van der Waals surface area contributed by atoms with Gasteiger partial charge in [0.25, 0.3) is 0 Å². The quantitative estimate of drug-likeness (QED) is 0.126. The number of anilines is 1. The smallest absolute Gasteiger partial charge is 0.167 e. The molecule has 6 aromatic rings. The molecule has 268 valence electrons. The number of aliphatic hydroxyl groups excluding tert-OH is 1. The number of hydrogen-bond donors (Lipinski definition) is 2. The fourth-order valence-electron chi connectivity index (χ4n) is 6.82. The van der Waals surface area contributed by atoms with Crippen LogP contribution >= 0.6 is 0 Å². The summed E-state index contributed by atoms with van der Waals surface area (Å²) in [5.41, 5.74) is 5.46. The number of hydrogen-bond acceptors (Lipinski definition) is 9. The minimum absolute atomic E-state index is 0.0940. The van der Waals surface area contributed by atoms with Crippen molar-refractivity contribution in [1.29, 1.82) is 0 Å². The van der Waals surface area contributed by atoms with Crippen LogP contribution in [0.3, 0.4) is 0 Å². The molecule has 4 aromatic carbocycles. The molecular weight excluding hydrogens is 654 g/mol. The van der Waals surface area contributed by atoms with Gasteiger partial charge in [-0.1, -0.05) is 99.6 Å². The minimum atomic E-state index is -1.04. The molecule has 10 heteroatoms. The molecule has 0 bridgehead atoms. The van der Waals surface area contributed by atoms with Crippen molar-refractivity contribution in [2.24, 2.45) is 0 Å². The van der Waals surface area contributed by atoms with Crippen molar-refractivity contribution < 1.29 is 24.1 Å². The van der Waals surface area contributed by atoms with Crippen LogP contribution in [-0.2, 0) is 27.0 Å². The third kappa shape index (κ3) is 6.97. The molecule has 0 saturated carbocycles. The van der Waals surface area contributed by atoms with E-state index in [-0.39, 0.29) is 12.0 Å². The highest BCUT2D eigenvalue weighted by Crippen LogP contribution is 2.43. The Morgan fingerprint density at radius 2 is 1.37 bits per heavy atom. The van der Waals surface area contributed by atoms with Crippen molar-refractivity contribution in [2.75, 3.05) is 26.1 Å². The van der Waals surface area contributed by atoms with Gasteiger partial charge in [0, 0.05) is 13.0 Å². The van der Waals surface area contributed by atoms with Crippen molar-refractivity contribution >= 4 is 17.0 Å². The molecule has 2 N–H and O–H groups in total. The number of aromatic nitrogens is 4. The standard InChI is InChI=1S/C42H45N5O5/c1-41(2,3)29-13-11-28(12-14-29)24-43-39-38-40(45-26-44-39)47(27-46-38)37-23-35(48)36(52-37)25-51-42(30-9-7-6-8-10-30,31-15-19-33(49-4)20-16-31)32-17-21-34(50-5)22-18-32/h6-22,26-27,35-37,48H,23-25H2,1-5H3,(H,43,44,45)/t35-,36+,37+/m0/s1. The maximum absolute atomic E-state index is 11.4. The minimum Gasteiger partial charge on any atom is -0.497 e. The molecule has 1 saturated heterocycles. The Balaban J connectivity index is 1.13. The third-order valence-electron chi connectivity index (χ3n) is 9.79. The molecule has 7 rings (SSSR count). The van der Waals surface area contributed by atoms with E-state index < -0.39 is 24.0 Å². The summed E-state index contributed by atoms with van der Waals surface area (Å²) in [5.74, 6) is 2.11. The summed E-state index contributed by atoms with van der Waals surface area (Å²) in [6, 6.07) is 34.4. The summed E-state index contributed by atoms with van der Waals surface area (Å²) in [7, 11) is 3.29. The zero-order valence-corrected chi connectivity index (χ0v) is 30.2. The van der Waals surface area contributed by atoms with E-state index in [0.717, 1.165) is 33.8 Å². The fourth-order valence-corrected chi connectivity index (χ4v) is 6.82. The molecule has 2 aromatic heterocycles. The van der Waals surface area contributed by atoms with Crippen LogP contribution in [0.25, 0.3) is 11.2 Å². The van der Waals surface area contributed by atoms with Crippen LogP contribution in [0.15, 0.2) is 116 Å². The summed E-state index contributed by atoms with van der Waals surface area (Å²) in [4.78, 5) is 13.7. The van der Waals surface area contributed by atoms with Gasteiger partial charge in [0.15, 0.2) is 17.0 Å². The lowest BCUT2D eigenvalue weighted by Crippen LogP contribution is -2.38. The van der Waals surface area contributed by atoms with Crippen molar-refractivity contribution in [1.82, 2.24) is 19.5 Å². The molecule has 1 aliphatic heterocycles. The molecule has 0 aliphatic carbocycles. The molecule has 10 nitrogen and oxygen atoms in total. The van der Waals surface area contributed by atoms with Crippen LogP contribution in [-0.4, -0.2) is 57.7 Å². The largest absolute Gasteiger partial charge is 0.497 e. The van der Waals surface area contributed by atoms with Crippen LogP contribution in [0.4, 0.5) is 5.82 Å². The van der Waals surface area contributed by atoms with Gasteiger partial charge in [-0.2, -0.15) is 0 Å². The van der Waals surface area contributed by atoms with E-state index in [1.807, 2.05) is 83.4 Å². The number of methoxy groups -OCH3 is 2. The first-order valence-corrected chi connectivity index (χ1v) is 17.5. The predicted molar refractivity (Wildman–Crippen MR) is 201 cm³/mol. The van der Waals surface area contributed by atoms with Crippen LogP contribution in [0, 0.1) is 0 Å². The van der Waals surface area contributed by atoms with E-state index in [1.165, 1.54) is 11.9 Å². The van der Waals surface area contributed by atoms with E-state index in [2.05, 4.69) is 65.3 Å². The number of aliphatic hydroxyl groups is 1. The second-order valence-corrected chi connectivity index (χ2v) is 14.1. The number of imidazole rings is 1. The number of nitrogens with zero attached hydrogens (tertiary/aromatic N) is 4. The molecule has 1 aliphatic rings. The Kier molecular flexibility index (Phi) is 9.96. The first-order valence-electron chi connectivity index (χ1n) is 17.5. The lowest BCUT2D eigenvalue weighted by atomic mass is 9.80. The van der Waals surface area contributed by atoms with E-state index in [9.17, 15) is 5.11 Å². The molecule has 0 unspecified atom stereocenters. The van der Waals surface area contributed by atoms with Gasteiger partial charge < -0.3 is 29.4 Å². The average molecular weight is 700 g/mol. The summed E-state index contributed by atoms with van der Waals surface area (Å²) in [5, 5.41) is 14.8. The zero-order chi connectivity index (χ0) is 36.3. The molecule has 1 fully saturated rings. The van der Waals surface area contributed by atoms with Gasteiger partial charge in [0.05, 0.1) is 33.3 Å². The normalized spacial score (nSPS) is 17.7. The van der Waals surface area contributed by atoms with Gasteiger partial charge in [-0.15, -0.1) is 0 Å². The first-order chi connectivity index (χ1) is 25.2. The maximum Gasteiger partial charge on any atom is 0.167 e. The topological polar surface area (TPSA) is 113 Å². The second-order valence-electron chi connectivity index (χ2n) is 14.1. The monoisotopic (exact) mass is 699 g/mol. The van der Waals surface area contributed by atoms with Gasteiger partial charge in [0.2, 0.25) is 0 Å². The van der Waals surface area contributed by atoms with Gasteiger partial charge in [-0.25, -0.2) is 15.0 Å². The van der Waals surface area contributed by atoms with Crippen molar-refractivity contribution in [3.8, 4) is 11.5 Å². The lowest BCUT2D eigenvalue weighted by molar-refractivity contribution is -0.0931. The third-order valence-corrected chi connectivity index (χ3v) is 9.79. The lowest BCUT2D eigenvalue weighted by Gasteiger charge is -2.37. The molecule has 3 atom stereocenters. The second kappa shape index (κ2) is 14.7. The first kappa shape index (κ1) is 35.1. The summed E-state index contributed by atoms with van der Waals surface area (Å²) in [6.07, 6.45) is 1.64. The van der Waals surface area contributed by atoms with Crippen LogP contribution in [0.2, 0.25) is 0 Å². The van der Waals surface area contributed by atoms with Crippen LogP contribution in [0.1, 0.15) is 61.2 Å². The highest BCUT2D eigenvalue weighted by Gasteiger charge is 2.42. The molecule has 0 spiro atoms. The van der Waals surface area contributed by atoms with Gasteiger partial charge >= 0.3 is 0 Å². The summed E-state index contributed by atoms with van der Waals surface area (Å²) in [6.45, 7) is 7.32. The Hall–Kier alpha value is -5.29. The highest BCUT2D eigenvalue weighted by atomic mass is 16.6. The van der Waals surface area contributed by atoms with Crippen LogP contribution < -0.4 is 14.8 Å². The molecule has 0 radical (unpaired) electrons. The maximum atomic E-state index is 11.4. The molecule has 3 heterocycles. The number of nitrogens with one attached hydrogen (secondary N) is 1. The van der Waals surface area contributed by atoms with E-state index in [0.29, 0.717) is 29.9 Å². The van der Waals surface area contributed by atoms with E-state index >= 15 is 0 Å². The summed E-state index contributed by atoms with van der Waals surface area (Å²) < 4.78 is 26.4. The fraction of sp³-hybridized carbons (Fsp3) is 0.310. The molecule has 0 amide bonds. The Morgan fingerprint density at radius 3 is 1.96 bits per heavy atom. The number of benzene rings is 4. The number of ether oxygens (including phenoxy) is 4. The van der Waals surface area contributed by atoms with E-state index in [4.69, 9.17) is 18.9 Å². The number of rotatable bonds is 12. The zero-order valence-electron chi connectivity index (χ0n) is 30.2.